The van der Waals surface area contributed by atoms with E-state index < -0.39 is 0 Å². The number of benzene rings is 1. The van der Waals surface area contributed by atoms with Gasteiger partial charge in [-0.3, -0.25) is 4.79 Å². The summed E-state index contributed by atoms with van der Waals surface area (Å²) in [6.07, 6.45) is 2.47. The second-order valence-corrected chi connectivity index (χ2v) is 9.81. The zero-order valence-corrected chi connectivity index (χ0v) is 19.1. The second-order valence-electron chi connectivity index (χ2n) is 7.61. The van der Waals surface area contributed by atoms with E-state index in [9.17, 15) is 4.79 Å². The van der Waals surface area contributed by atoms with E-state index in [0.29, 0.717) is 5.75 Å². The van der Waals surface area contributed by atoms with Crippen molar-refractivity contribution in [3.05, 3.63) is 52.8 Å². The molecule has 1 aliphatic heterocycles. The lowest BCUT2D eigenvalue weighted by molar-refractivity contribution is 0.0957. The van der Waals surface area contributed by atoms with Gasteiger partial charge in [0.25, 0.3) is 0 Å². The quantitative estimate of drug-likeness (QED) is 0.384. The summed E-state index contributed by atoms with van der Waals surface area (Å²) in [5.74, 6) is 0.471. The molecule has 1 N–H and O–H groups in total. The largest absolute Gasteiger partial charge is 0.376 e. The molecule has 1 fully saturated rings. The Morgan fingerprint density at radius 3 is 2.93 bits per heavy atom. The number of rotatable bonds is 8. The average Bonchev–Trinajstić information content (AvgIpc) is 3.44. The summed E-state index contributed by atoms with van der Waals surface area (Å²) in [5, 5.41) is 12.4. The van der Waals surface area contributed by atoms with Crippen LogP contribution in [0.4, 0.5) is 10.8 Å². The molecular formula is C22H26N4O2S2. The Hall–Kier alpha value is -2.16. The van der Waals surface area contributed by atoms with Gasteiger partial charge in [0.15, 0.2) is 10.1 Å². The maximum atomic E-state index is 12.9. The van der Waals surface area contributed by atoms with Crippen molar-refractivity contribution in [3.63, 3.8) is 0 Å². The van der Waals surface area contributed by atoms with Crippen LogP contribution < -0.4 is 5.32 Å². The third-order valence-electron chi connectivity index (χ3n) is 5.29. The van der Waals surface area contributed by atoms with E-state index in [-0.39, 0.29) is 11.9 Å². The summed E-state index contributed by atoms with van der Waals surface area (Å²) >= 11 is 2.90. The Morgan fingerprint density at radius 2 is 2.17 bits per heavy atom. The molecule has 0 amide bonds. The van der Waals surface area contributed by atoms with Gasteiger partial charge in [0, 0.05) is 35.8 Å². The zero-order chi connectivity index (χ0) is 21.1. The summed E-state index contributed by atoms with van der Waals surface area (Å²) < 4.78 is 8.76. The first-order valence-electron chi connectivity index (χ1n) is 10.1. The van der Waals surface area contributed by atoms with Crippen LogP contribution in [-0.4, -0.2) is 39.0 Å². The topological polar surface area (TPSA) is 69.0 Å². The maximum Gasteiger partial charge on any atom is 0.210 e. The van der Waals surface area contributed by atoms with Gasteiger partial charge in [0.2, 0.25) is 5.13 Å². The zero-order valence-electron chi connectivity index (χ0n) is 17.5. The number of ether oxygens (including phenoxy) is 1. The van der Waals surface area contributed by atoms with E-state index >= 15 is 0 Å². The number of thioether (sulfide) groups is 1. The molecule has 1 saturated heterocycles. The van der Waals surface area contributed by atoms with E-state index in [4.69, 9.17) is 4.74 Å². The Labute approximate surface area is 185 Å². The van der Waals surface area contributed by atoms with Gasteiger partial charge in [-0.25, -0.2) is 0 Å². The Morgan fingerprint density at radius 1 is 1.30 bits per heavy atom. The number of hydrogen-bond acceptors (Lipinski definition) is 7. The molecule has 0 spiro atoms. The van der Waals surface area contributed by atoms with E-state index in [1.807, 2.05) is 25.1 Å². The van der Waals surface area contributed by atoms with E-state index in [1.54, 1.807) is 0 Å². The molecule has 2 aromatic heterocycles. The van der Waals surface area contributed by atoms with Crippen molar-refractivity contribution in [1.82, 2.24) is 14.8 Å². The molecule has 3 aromatic rings. The van der Waals surface area contributed by atoms with E-state index in [2.05, 4.69) is 46.1 Å². The fourth-order valence-corrected chi connectivity index (χ4v) is 5.38. The summed E-state index contributed by atoms with van der Waals surface area (Å²) in [7, 11) is 0. The molecule has 6 nitrogen and oxygen atoms in total. The van der Waals surface area contributed by atoms with Crippen molar-refractivity contribution in [2.24, 2.45) is 0 Å². The highest BCUT2D eigenvalue weighted by atomic mass is 32.2. The normalized spacial score (nSPS) is 16.2. The SMILES string of the molecule is Cc1cccc(Nc2nnc(SCC(=O)c3cc(C)n(C[C@H]4CCCO4)c3C)s2)c1. The van der Waals surface area contributed by atoms with Crippen molar-refractivity contribution in [2.45, 2.75) is 50.6 Å². The third-order valence-corrected chi connectivity index (χ3v) is 7.26. The monoisotopic (exact) mass is 442 g/mol. The van der Waals surface area contributed by atoms with Gasteiger partial charge in [-0.1, -0.05) is 35.2 Å². The summed E-state index contributed by atoms with van der Waals surface area (Å²) in [4.78, 5) is 12.9. The average molecular weight is 443 g/mol. The Kier molecular flexibility index (Phi) is 6.55. The Balaban J connectivity index is 1.36. The predicted octanol–water partition coefficient (Wildman–Crippen LogP) is 5.16. The van der Waals surface area contributed by atoms with Gasteiger partial charge >= 0.3 is 0 Å². The van der Waals surface area contributed by atoms with Crippen LogP contribution in [0, 0.1) is 20.8 Å². The fourth-order valence-electron chi connectivity index (χ4n) is 3.73. The van der Waals surface area contributed by atoms with Crippen molar-refractivity contribution in [1.29, 1.82) is 0 Å². The van der Waals surface area contributed by atoms with Crippen LogP contribution in [0.15, 0.2) is 34.7 Å². The molecule has 3 heterocycles. The third kappa shape index (κ3) is 4.94. The highest BCUT2D eigenvalue weighted by molar-refractivity contribution is 8.01. The van der Waals surface area contributed by atoms with Gasteiger partial charge in [0.05, 0.1) is 11.9 Å². The molecule has 30 heavy (non-hydrogen) atoms. The number of ketones is 1. The molecule has 0 aliphatic carbocycles. The lowest BCUT2D eigenvalue weighted by Crippen LogP contribution is -2.17. The van der Waals surface area contributed by atoms with Gasteiger partial charge in [-0.05, 0) is 57.4 Å². The highest BCUT2D eigenvalue weighted by Crippen LogP contribution is 2.29. The number of anilines is 2. The smallest absolute Gasteiger partial charge is 0.210 e. The van der Waals surface area contributed by atoms with Crippen molar-refractivity contribution < 1.29 is 9.53 Å². The van der Waals surface area contributed by atoms with Crippen LogP contribution in [0.1, 0.15) is 40.2 Å². The number of carbonyl (C=O) groups is 1. The predicted molar refractivity (Wildman–Crippen MR) is 122 cm³/mol. The van der Waals surface area contributed by atoms with Crippen LogP contribution >= 0.6 is 23.1 Å². The first-order valence-corrected chi connectivity index (χ1v) is 11.9. The standard InChI is InChI=1S/C22H26N4O2S2/c1-14-6-4-7-17(10-14)23-21-24-25-22(30-21)29-13-20(27)19-11-15(2)26(16(19)3)12-18-8-5-9-28-18/h4,6-7,10-11,18H,5,8-9,12-13H2,1-3H3,(H,23,24)/t18-/m1/s1. The van der Waals surface area contributed by atoms with Crippen LogP contribution in [0.2, 0.25) is 0 Å². The number of nitrogens with zero attached hydrogens (tertiary/aromatic N) is 3. The number of Topliss-reactive ketones (excluding diaryl/α,β-unsaturated/α-hetero) is 1. The molecule has 0 unspecified atom stereocenters. The maximum absolute atomic E-state index is 12.9. The second kappa shape index (κ2) is 9.32. The lowest BCUT2D eigenvalue weighted by Gasteiger charge is -2.14. The fraction of sp³-hybridized carbons (Fsp3) is 0.409. The van der Waals surface area contributed by atoms with Gasteiger partial charge in [0.1, 0.15) is 0 Å². The lowest BCUT2D eigenvalue weighted by atomic mass is 10.2. The minimum absolute atomic E-state index is 0.120. The minimum atomic E-state index is 0.120. The Bertz CT molecular complexity index is 1040. The molecule has 1 atom stereocenters. The minimum Gasteiger partial charge on any atom is -0.376 e. The van der Waals surface area contributed by atoms with Crippen molar-refractivity contribution in [2.75, 3.05) is 17.7 Å². The number of aryl methyl sites for hydroxylation is 2. The van der Waals surface area contributed by atoms with Gasteiger partial charge in [-0.15, -0.1) is 10.2 Å². The van der Waals surface area contributed by atoms with E-state index in [0.717, 1.165) is 58.1 Å². The molecule has 0 saturated carbocycles. The molecule has 1 aliphatic rings. The molecular weight excluding hydrogens is 416 g/mol. The summed E-state index contributed by atoms with van der Waals surface area (Å²) in [6, 6.07) is 10.1. The molecule has 1 aromatic carbocycles. The van der Waals surface area contributed by atoms with Crippen LogP contribution in [0.3, 0.4) is 0 Å². The molecule has 0 radical (unpaired) electrons. The van der Waals surface area contributed by atoms with Crippen molar-refractivity contribution >= 4 is 39.7 Å². The van der Waals surface area contributed by atoms with Crippen LogP contribution in [0.25, 0.3) is 0 Å². The van der Waals surface area contributed by atoms with Crippen LogP contribution in [0.5, 0.6) is 0 Å². The molecule has 8 heteroatoms. The number of carbonyl (C=O) groups excluding carboxylic acids is 1. The van der Waals surface area contributed by atoms with Gasteiger partial charge in [-0.2, -0.15) is 0 Å². The molecule has 158 valence electrons. The number of aromatic nitrogens is 3. The first kappa shape index (κ1) is 21.1. The van der Waals surface area contributed by atoms with Crippen LogP contribution in [-0.2, 0) is 11.3 Å². The number of nitrogens with one attached hydrogen (secondary N) is 1. The molecule has 0 bridgehead atoms. The summed E-state index contributed by atoms with van der Waals surface area (Å²) in [5.41, 5.74) is 5.09. The van der Waals surface area contributed by atoms with Crippen molar-refractivity contribution in [3.8, 4) is 0 Å². The van der Waals surface area contributed by atoms with E-state index in [1.165, 1.54) is 28.7 Å². The summed E-state index contributed by atoms with van der Waals surface area (Å²) in [6.45, 7) is 7.79. The van der Waals surface area contributed by atoms with Gasteiger partial charge < -0.3 is 14.6 Å². The number of hydrogen-bond donors (Lipinski definition) is 1. The highest BCUT2D eigenvalue weighted by Gasteiger charge is 2.21. The molecule has 4 rings (SSSR count). The first-order chi connectivity index (χ1) is 14.5.